The van der Waals surface area contributed by atoms with Gasteiger partial charge in [0.25, 0.3) is 0 Å². The molecule has 2 nitrogen and oxygen atoms in total. The highest BCUT2D eigenvalue weighted by atomic mass is 16.3. The van der Waals surface area contributed by atoms with Gasteiger partial charge in [-0.3, -0.25) is 4.79 Å². The van der Waals surface area contributed by atoms with E-state index in [0.29, 0.717) is 24.0 Å². The summed E-state index contributed by atoms with van der Waals surface area (Å²) in [5.41, 5.74) is 0. The molecule has 11 heavy (non-hydrogen) atoms. The number of ketones is 1. The van der Waals surface area contributed by atoms with Crippen LogP contribution < -0.4 is 0 Å². The molecule has 0 unspecified atom stereocenters. The van der Waals surface area contributed by atoms with E-state index < -0.39 is 0 Å². The molecule has 0 amide bonds. The zero-order valence-electron chi connectivity index (χ0n) is 6.62. The van der Waals surface area contributed by atoms with E-state index >= 15 is 0 Å². The lowest BCUT2D eigenvalue weighted by atomic mass is 9.70. The van der Waals surface area contributed by atoms with Crippen LogP contribution >= 0.6 is 0 Å². The van der Waals surface area contributed by atoms with E-state index in [9.17, 15) is 9.90 Å². The average molecular weight is 154 g/mol. The molecular weight excluding hydrogens is 140 g/mol. The Hall–Kier alpha value is -0.370. The predicted molar refractivity (Wildman–Crippen MR) is 41.1 cm³/mol. The van der Waals surface area contributed by atoms with Crippen LogP contribution in [0.5, 0.6) is 0 Å². The van der Waals surface area contributed by atoms with E-state index in [4.69, 9.17) is 0 Å². The molecule has 2 bridgehead atoms. The molecule has 0 aliphatic heterocycles. The fraction of sp³-hybridized carbons (Fsp3) is 0.889. The van der Waals surface area contributed by atoms with Crippen molar-refractivity contribution in [2.45, 2.75) is 38.2 Å². The van der Waals surface area contributed by atoms with Crippen LogP contribution in [0.15, 0.2) is 0 Å². The highest BCUT2D eigenvalue weighted by Gasteiger charge is 2.36. The minimum absolute atomic E-state index is 0.112. The molecule has 0 radical (unpaired) electrons. The number of aliphatic hydroxyl groups is 1. The molecule has 2 saturated carbocycles. The van der Waals surface area contributed by atoms with Crippen molar-refractivity contribution >= 4 is 5.78 Å². The Bertz CT molecular complexity index is 176. The molecule has 2 heteroatoms. The third-order valence-corrected chi connectivity index (χ3v) is 3.16. The third kappa shape index (κ3) is 1.20. The maximum atomic E-state index is 11.2. The van der Waals surface area contributed by atoms with E-state index in [0.717, 1.165) is 25.7 Å². The van der Waals surface area contributed by atoms with Crippen molar-refractivity contribution < 1.29 is 9.90 Å². The largest absolute Gasteiger partial charge is 0.393 e. The highest BCUT2D eigenvalue weighted by Crippen LogP contribution is 2.37. The lowest BCUT2D eigenvalue weighted by molar-refractivity contribution is -0.129. The monoisotopic (exact) mass is 154 g/mol. The minimum Gasteiger partial charge on any atom is -0.393 e. The van der Waals surface area contributed by atoms with Crippen LogP contribution in [-0.2, 0) is 4.79 Å². The van der Waals surface area contributed by atoms with E-state index in [2.05, 4.69) is 0 Å². The van der Waals surface area contributed by atoms with Gasteiger partial charge in [0, 0.05) is 12.3 Å². The second-order valence-corrected chi connectivity index (χ2v) is 3.84. The first kappa shape index (κ1) is 7.29. The number of fused-ring (bicyclic) bond motifs is 2. The number of hydrogen-bond acceptors (Lipinski definition) is 2. The van der Waals surface area contributed by atoms with Crippen molar-refractivity contribution in [1.29, 1.82) is 0 Å². The van der Waals surface area contributed by atoms with Crippen LogP contribution in [-0.4, -0.2) is 17.0 Å². The summed E-state index contributed by atoms with van der Waals surface area (Å²) in [6.45, 7) is 0. The van der Waals surface area contributed by atoms with Gasteiger partial charge in [0.2, 0.25) is 0 Å². The molecule has 1 N–H and O–H groups in total. The van der Waals surface area contributed by atoms with Crippen LogP contribution in [0.25, 0.3) is 0 Å². The summed E-state index contributed by atoms with van der Waals surface area (Å²) < 4.78 is 0. The lowest BCUT2D eigenvalue weighted by Crippen LogP contribution is -2.36. The Morgan fingerprint density at radius 1 is 1.27 bits per heavy atom. The van der Waals surface area contributed by atoms with Crippen molar-refractivity contribution in [3.05, 3.63) is 0 Å². The Labute approximate surface area is 66.6 Å². The Kier molecular flexibility index (Phi) is 1.72. The van der Waals surface area contributed by atoms with Gasteiger partial charge in [-0.25, -0.2) is 0 Å². The fourth-order valence-corrected chi connectivity index (χ4v) is 2.38. The molecule has 2 rings (SSSR count). The number of Topliss-reactive ketones (excluding diaryl/α,β-unsaturated/α-hetero) is 1. The number of carbonyl (C=O) groups is 1. The van der Waals surface area contributed by atoms with Gasteiger partial charge in [0.15, 0.2) is 0 Å². The number of hydrogen-bond donors (Lipinski definition) is 1. The predicted octanol–water partition coefficient (Wildman–Crippen LogP) is 1.13. The molecular formula is C9H14O2. The van der Waals surface area contributed by atoms with E-state index in [1.54, 1.807) is 0 Å². The van der Waals surface area contributed by atoms with Crippen LogP contribution in [0.4, 0.5) is 0 Å². The van der Waals surface area contributed by atoms with Gasteiger partial charge < -0.3 is 5.11 Å². The maximum absolute atomic E-state index is 11.2. The zero-order chi connectivity index (χ0) is 7.84. The van der Waals surface area contributed by atoms with Gasteiger partial charge in [-0.2, -0.15) is 0 Å². The maximum Gasteiger partial charge on any atom is 0.136 e. The summed E-state index contributed by atoms with van der Waals surface area (Å²) in [6.07, 6.45) is 4.26. The summed E-state index contributed by atoms with van der Waals surface area (Å²) in [5.74, 6) is 1.18. The quantitative estimate of drug-likeness (QED) is 0.568. The topological polar surface area (TPSA) is 37.3 Å². The molecule has 0 heterocycles. The molecule has 3 atom stereocenters. The first-order chi connectivity index (χ1) is 5.27. The Morgan fingerprint density at radius 3 is 2.91 bits per heavy atom. The standard InChI is InChI=1S/C9H14O2/c10-8-3-1-6-5-7(8)2-4-9(6)11/h6-8,10H,1-5H2/t6-,7-,8+/m1/s1. The smallest absolute Gasteiger partial charge is 0.136 e. The molecule has 2 fully saturated rings. The SMILES string of the molecule is O=C1CC[C@@H]2C[C@H]1CC[C@@H]2O. The van der Waals surface area contributed by atoms with Crippen LogP contribution in [0, 0.1) is 11.8 Å². The molecule has 0 aromatic heterocycles. The first-order valence-corrected chi connectivity index (χ1v) is 4.48. The van der Waals surface area contributed by atoms with Gasteiger partial charge >= 0.3 is 0 Å². The number of carbonyl (C=O) groups excluding carboxylic acids is 1. The van der Waals surface area contributed by atoms with Crippen LogP contribution in [0.1, 0.15) is 32.1 Å². The number of aliphatic hydroxyl groups excluding tert-OH is 1. The van der Waals surface area contributed by atoms with Gasteiger partial charge in [-0.15, -0.1) is 0 Å². The van der Waals surface area contributed by atoms with Gasteiger partial charge in [-0.05, 0) is 31.6 Å². The fourth-order valence-electron chi connectivity index (χ4n) is 2.38. The van der Waals surface area contributed by atoms with Gasteiger partial charge in [-0.1, -0.05) is 0 Å². The zero-order valence-corrected chi connectivity index (χ0v) is 6.62. The molecule has 62 valence electrons. The minimum atomic E-state index is -0.112. The second kappa shape index (κ2) is 2.59. The van der Waals surface area contributed by atoms with Crippen LogP contribution in [0.2, 0.25) is 0 Å². The summed E-state index contributed by atoms with van der Waals surface area (Å²) in [4.78, 5) is 11.2. The summed E-state index contributed by atoms with van der Waals surface area (Å²) in [5, 5.41) is 9.50. The summed E-state index contributed by atoms with van der Waals surface area (Å²) in [7, 11) is 0. The van der Waals surface area contributed by atoms with Crippen molar-refractivity contribution in [2.75, 3.05) is 0 Å². The van der Waals surface area contributed by atoms with E-state index in [-0.39, 0.29) is 6.10 Å². The van der Waals surface area contributed by atoms with Crippen molar-refractivity contribution in [3.8, 4) is 0 Å². The highest BCUT2D eigenvalue weighted by molar-refractivity contribution is 5.81. The molecule has 0 saturated heterocycles. The van der Waals surface area contributed by atoms with E-state index in [1.807, 2.05) is 0 Å². The summed E-state index contributed by atoms with van der Waals surface area (Å²) in [6, 6.07) is 0. The Morgan fingerprint density at radius 2 is 2.09 bits per heavy atom. The van der Waals surface area contributed by atoms with Crippen molar-refractivity contribution in [1.82, 2.24) is 0 Å². The normalized spacial score (nSPS) is 44.1. The third-order valence-electron chi connectivity index (χ3n) is 3.16. The molecule has 0 spiro atoms. The molecule has 2 aliphatic rings. The Balaban J connectivity index is 2.08. The molecule has 2 aliphatic carbocycles. The average Bonchev–Trinajstić information content (AvgIpc) is 2.02. The molecule has 0 aromatic carbocycles. The van der Waals surface area contributed by atoms with Crippen LogP contribution in [0.3, 0.4) is 0 Å². The van der Waals surface area contributed by atoms with Crippen molar-refractivity contribution in [2.24, 2.45) is 11.8 Å². The number of rotatable bonds is 0. The lowest BCUT2D eigenvalue weighted by Gasteiger charge is -2.36. The summed E-state index contributed by atoms with van der Waals surface area (Å²) >= 11 is 0. The van der Waals surface area contributed by atoms with E-state index in [1.165, 1.54) is 0 Å². The first-order valence-electron chi connectivity index (χ1n) is 4.48. The second-order valence-electron chi connectivity index (χ2n) is 3.84. The van der Waals surface area contributed by atoms with Gasteiger partial charge in [0.1, 0.15) is 5.78 Å². The molecule has 0 aromatic rings. The van der Waals surface area contributed by atoms with Gasteiger partial charge in [0.05, 0.1) is 6.10 Å². The van der Waals surface area contributed by atoms with Crippen molar-refractivity contribution in [3.63, 3.8) is 0 Å².